The van der Waals surface area contributed by atoms with Gasteiger partial charge in [-0.25, -0.2) is 9.78 Å². The number of nitrogens with one attached hydrogen (secondary N) is 1. The van der Waals surface area contributed by atoms with Crippen molar-refractivity contribution in [2.24, 2.45) is 11.3 Å². The van der Waals surface area contributed by atoms with Crippen molar-refractivity contribution in [2.45, 2.75) is 25.7 Å². The molecule has 4 rings (SSSR count). The summed E-state index contributed by atoms with van der Waals surface area (Å²) in [6.45, 7) is 0.754. The highest BCUT2D eigenvalue weighted by Crippen LogP contribution is 2.49. The first kappa shape index (κ1) is 18.4. The predicted molar refractivity (Wildman–Crippen MR) is 104 cm³/mol. The van der Waals surface area contributed by atoms with Crippen LogP contribution < -0.4 is 5.32 Å². The molecule has 1 saturated carbocycles. The largest absolute Gasteiger partial charge is 0.481 e. The van der Waals surface area contributed by atoms with E-state index in [2.05, 4.69) is 16.4 Å². The average Bonchev–Trinajstić information content (AvgIpc) is 3.37. The number of urea groups is 1. The van der Waals surface area contributed by atoms with Gasteiger partial charge in [0, 0.05) is 30.6 Å². The maximum atomic E-state index is 12.6. The lowest BCUT2D eigenvalue weighted by molar-refractivity contribution is -0.149. The van der Waals surface area contributed by atoms with Crippen LogP contribution in [0.15, 0.2) is 30.5 Å². The molecule has 1 aromatic heterocycles. The maximum absolute atomic E-state index is 12.6. The standard InChI is InChI=1S/C20H20N4O3S/c21-9-14-5-3-13(4-6-14)8-16-10-22-18(28-16)23-19(27)24-11-15-2-1-7-20(15,12-24)17(25)26/h3-6,10,15H,1-2,7-8,11-12H2,(H,25,26)(H,22,23,27)/t15-,20+/m0/s1. The van der Waals surface area contributed by atoms with Crippen molar-refractivity contribution in [1.29, 1.82) is 5.26 Å². The Balaban J connectivity index is 1.38. The molecule has 1 saturated heterocycles. The first-order valence-electron chi connectivity index (χ1n) is 9.23. The number of likely N-dealkylation sites (tertiary alicyclic amines) is 1. The second kappa shape index (κ2) is 7.24. The fourth-order valence-electron chi connectivity index (χ4n) is 4.31. The van der Waals surface area contributed by atoms with Gasteiger partial charge >= 0.3 is 12.0 Å². The topological polar surface area (TPSA) is 106 Å². The molecular weight excluding hydrogens is 376 g/mol. The van der Waals surface area contributed by atoms with Crippen LogP contribution in [-0.4, -0.2) is 40.1 Å². The first-order chi connectivity index (χ1) is 13.5. The Morgan fingerprint density at radius 3 is 2.86 bits per heavy atom. The van der Waals surface area contributed by atoms with Gasteiger partial charge in [0.2, 0.25) is 0 Å². The van der Waals surface area contributed by atoms with Gasteiger partial charge in [-0.15, -0.1) is 11.3 Å². The number of carbonyl (C=O) groups excluding carboxylic acids is 1. The number of hydrogen-bond acceptors (Lipinski definition) is 5. The Labute approximate surface area is 166 Å². The van der Waals surface area contributed by atoms with Gasteiger partial charge in [0.1, 0.15) is 0 Å². The highest BCUT2D eigenvalue weighted by atomic mass is 32.1. The molecule has 7 nitrogen and oxygen atoms in total. The maximum Gasteiger partial charge on any atom is 0.323 e. The van der Waals surface area contributed by atoms with E-state index in [0.29, 0.717) is 30.1 Å². The van der Waals surface area contributed by atoms with Gasteiger partial charge in [-0.05, 0) is 36.5 Å². The van der Waals surface area contributed by atoms with Crippen LogP contribution in [-0.2, 0) is 11.2 Å². The molecular formula is C20H20N4O3S. The number of rotatable bonds is 4. The summed E-state index contributed by atoms with van der Waals surface area (Å²) < 4.78 is 0. The molecule has 0 spiro atoms. The monoisotopic (exact) mass is 396 g/mol. The number of thiazole rings is 1. The predicted octanol–water partition coefficient (Wildman–Crippen LogP) is 3.32. The van der Waals surface area contributed by atoms with Crippen LogP contribution in [0.25, 0.3) is 0 Å². The van der Waals surface area contributed by atoms with E-state index in [0.717, 1.165) is 23.3 Å². The van der Waals surface area contributed by atoms with E-state index in [1.807, 2.05) is 12.1 Å². The van der Waals surface area contributed by atoms with Crippen molar-refractivity contribution in [3.63, 3.8) is 0 Å². The molecule has 0 radical (unpaired) electrons. The van der Waals surface area contributed by atoms with Crippen molar-refractivity contribution in [3.8, 4) is 6.07 Å². The SMILES string of the molecule is N#Cc1ccc(Cc2cnc(NC(=O)N3C[C@@H]4CCC[C@@]4(C(=O)O)C3)s2)cc1. The molecule has 2 heterocycles. The third-order valence-electron chi connectivity index (χ3n) is 5.81. The van der Waals surface area contributed by atoms with Gasteiger partial charge < -0.3 is 10.0 Å². The molecule has 2 amide bonds. The molecule has 2 atom stereocenters. The van der Waals surface area contributed by atoms with Crippen LogP contribution in [0.4, 0.5) is 9.93 Å². The van der Waals surface area contributed by atoms with Crippen LogP contribution in [0.5, 0.6) is 0 Å². The van der Waals surface area contributed by atoms with Gasteiger partial charge in [-0.1, -0.05) is 18.6 Å². The summed E-state index contributed by atoms with van der Waals surface area (Å²) in [5.74, 6) is -0.747. The minimum atomic E-state index is -0.788. The Bertz CT molecular complexity index is 949. The Morgan fingerprint density at radius 2 is 2.18 bits per heavy atom. The van der Waals surface area contributed by atoms with Crippen molar-refractivity contribution < 1.29 is 14.7 Å². The molecule has 2 aromatic rings. The molecule has 28 heavy (non-hydrogen) atoms. The summed E-state index contributed by atoms with van der Waals surface area (Å²) in [4.78, 5) is 31.3. The number of carboxylic acid groups (broad SMARTS) is 1. The third-order valence-corrected chi connectivity index (χ3v) is 6.73. The van der Waals surface area contributed by atoms with E-state index >= 15 is 0 Å². The highest BCUT2D eigenvalue weighted by molar-refractivity contribution is 7.15. The number of anilines is 1. The van der Waals surface area contributed by atoms with Gasteiger partial charge in [-0.3, -0.25) is 10.1 Å². The minimum Gasteiger partial charge on any atom is -0.481 e. The molecule has 2 aliphatic rings. The number of fused-ring (bicyclic) bond motifs is 1. The molecule has 144 valence electrons. The molecule has 2 fully saturated rings. The summed E-state index contributed by atoms with van der Waals surface area (Å²) in [5.41, 5.74) is 0.910. The summed E-state index contributed by atoms with van der Waals surface area (Å²) in [6.07, 6.45) is 4.82. The van der Waals surface area contributed by atoms with E-state index in [4.69, 9.17) is 5.26 Å². The summed E-state index contributed by atoms with van der Waals surface area (Å²) in [5, 5.41) is 21.8. The Hall–Kier alpha value is -2.92. The van der Waals surface area contributed by atoms with Crippen LogP contribution >= 0.6 is 11.3 Å². The van der Waals surface area contributed by atoms with Gasteiger partial charge in [0.05, 0.1) is 17.0 Å². The number of benzene rings is 1. The average molecular weight is 396 g/mol. The second-order valence-corrected chi connectivity index (χ2v) is 8.59. The lowest BCUT2D eigenvalue weighted by Crippen LogP contribution is -2.38. The summed E-state index contributed by atoms with van der Waals surface area (Å²) in [7, 11) is 0. The fourth-order valence-corrected chi connectivity index (χ4v) is 5.15. The van der Waals surface area contributed by atoms with Crippen LogP contribution in [0, 0.1) is 22.7 Å². The molecule has 1 aliphatic carbocycles. The second-order valence-electron chi connectivity index (χ2n) is 7.48. The Kier molecular flexibility index (Phi) is 4.77. The summed E-state index contributed by atoms with van der Waals surface area (Å²) in [6, 6.07) is 9.19. The van der Waals surface area contributed by atoms with E-state index in [9.17, 15) is 14.7 Å². The summed E-state index contributed by atoms with van der Waals surface area (Å²) >= 11 is 1.40. The number of nitriles is 1. The molecule has 0 unspecified atom stereocenters. The fraction of sp³-hybridized carbons (Fsp3) is 0.400. The lowest BCUT2D eigenvalue weighted by Gasteiger charge is -2.23. The van der Waals surface area contributed by atoms with Crippen LogP contribution in [0.2, 0.25) is 0 Å². The van der Waals surface area contributed by atoms with Crippen molar-refractivity contribution in [3.05, 3.63) is 46.5 Å². The third kappa shape index (κ3) is 3.34. The molecule has 8 heteroatoms. The molecule has 2 N–H and O–H groups in total. The van der Waals surface area contributed by atoms with E-state index in [-0.39, 0.29) is 18.5 Å². The van der Waals surface area contributed by atoms with Crippen molar-refractivity contribution in [1.82, 2.24) is 9.88 Å². The molecule has 0 bridgehead atoms. The quantitative estimate of drug-likeness (QED) is 0.824. The van der Waals surface area contributed by atoms with E-state index < -0.39 is 11.4 Å². The molecule has 1 aromatic carbocycles. The zero-order valence-electron chi connectivity index (χ0n) is 15.2. The zero-order valence-corrected chi connectivity index (χ0v) is 16.0. The zero-order chi connectivity index (χ0) is 19.7. The van der Waals surface area contributed by atoms with Crippen LogP contribution in [0.1, 0.15) is 35.3 Å². The lowest BCUT2D eigenvalue weighted by atomic mass is 9.81. The van der Waals surface area contributed by atoms with Crippen LogP contribution in [0.3, 0.4) is 0 Å². The first-order valence-corrected chi connectivity index (χ1v) is 10.0. The number of aliphatic carboxylic acids is 1. The smallest absolute Gasteiger partial charge is 0.323 e. The number of amides is 2. The Morgan fingerprint density at radius 1 is 1.39 bits per heavy atom. The minimum absolute atomic E-state index is 0.0407. The van der Waals surface area contributed by atoms with Gasteiger partial charge in [-0.2, -0.15) is 5.26 Å². The number of carbonyl (C=O) groups is 2. The normalized spacial score (nSPS) is 23.2. The number of aromatic nitrogens is 1. The number of hydrogen-bond donors (Lipinski definition) is 2. The van der Waals surface area contributed by atoms with Crippen molar-refractivity contribution in [2.75, 3.05) is 18.4 Å². The number of carboxylic acids is 1. The number of nitrogens with zero attached hydrogens (tertiary/aromatic N) is 3. The van der Waals surface area contributed by atoms with Gasteiger partial charge in [0.25, 0.3) is 0 Å². The van der Waals surface area contributed by atoms with E-state index in [1.165, 1.54) is 11.3 Å². The highest BCUT2D eigenvalue weighted by Gasteiger charge is 2.55. The van der Waals surface area contributed by atoms with Gasteiger partial charge in [0.15, 0.2) is 5.13 Å². The molecule has 1 aliphatic heterocycles. The van der Waals surface area contributed by atoms with E-state index in [1.54, 1.807) is 23.2 Å². The van der Waals surface area contributed by atoms with Crippen molar-refractivity contribution >= 4 is 28.5 Å².